The molecular formula is C28H46O2Si. The fourth-order valence-corrected chi connectivity index (χ4v) is 4.34. The lowest BCUT2D eigenvalue weighted by Gasteiger charge is -2.36. The topological polar surface area (TPSA) is 29.5 Å². The lowest BCUT2D eigenvalue weighted by molar-refractivity contribution is 0.108. The molecule has 0 amide bonds. The van der Waals surface area contributed by atoms with E-state index in [2.05, 4.69) is 105 Å². The zero-order valence-electron chi connectivity index (χ0n) is 21.5. The van der Waals surface area contributed by atoms with E-state index in [-0.39, 0.29) is 11.0 Å². The van der Waals surface area contributed by atoms with Crippen LogP contribution in [0, 0.1) is 11.8 Å². The highest BCUT2D eigenvalue weighted by atomic mass is 28.4. The Bertz CT molecular complexity index is 766. The van der Waals surface area contributed by atoms with Crippen molar-refractivity contribution in [3.8, 4) is 0 Å². The van der Waals surface area contributed by atoms with E-state index in [1.54, 1.807) is 0 Å². The summed E-state index contributed by atoms with van der Waals surface area (Å²) < 4.78 is 6.46. The molecule has 0 aromatic heterocycles. The molecule has 0 fully saturated rings. The van der Waals surface area contributed by atoms with Gasteiger partial charge in [-0.05, 0) is 59.7 Å². The highest BCUT2D eigenvalue weighted by molar-refractivity contribution is 6.74. The molecule has 0 saturated carbocycles. The summed E-state index contributed by atoms with van der Waals surface area (Å²) in [6.45, 7) is 24.4. The third-order valence-electron chi connectivity index (χ3n) is 6.62. The van der Waals surface area contributed by atoms with Gasteiger partial charge in [0.25, 0.3) is 0 Å². The van der Waals surface area contributed by atoms with Crippen LogP contribution in [0.3, 0.4) is 0 Å². The Morgan fingerprint density at radius 2 is 1.87 bits per heavy atom. The van der Waals surface area contributed by atoms with Gasteiger partial charge < -0.3 is 9.53 Å². The van der Waals surface area contributed by atoms with Gasteiger partial charge in [0.1, 0.15) is 0 Å². The van der Waals surface area contributed by atoms with Gasteiger partial charge in [0, 0.05) is 5.92 Å². The number of allylic oxidation sites excluding steroid dienone is 4. The summed E-state index contributed by atoms with van der Waals surface area (Å²) in [4.78, 5) is 0. The van der Waals surface area contributed by atoms with Crippen LogP contribution in [0.4, 0.5) is 0 Å². The maximum atomic E-state index is 11.4. The smallest absolute Gasteiger partial charge is 0.192 e. The predicted octanol–water partition coefficient (Wildman–Crippen LogP) is 8.46. The van der Waals surface area contributed by atoms with Crippen LogP contribution < -0.4 is 0 Å². The molecule has 1 rings (SSSR count). The minimum absolute atomic E-state index is 0.00645. The lowest BCUT2D eigenvalue weighted by Crippen LogP contribution is -2.40. The number of rotatable bonds is 11. The van der Waals surface area contributed by atoms with Crippen molar-refractivity contribution in [1.29, 1.82) is 0 Å². The highest BCUT2D eigenvalue weighted by Crippen LogP contribution is 2.38. The van der Waals surface area contributed by atoms with Crippen LogP contribution in [0.1, 0.15) is 84.1 Å². The molecule has 1 N–H and O–H groups in total. The third kappa shape index (κ3) is 7.59. The molecule has 0 spiro atoms. The molecule has 0 radical (unpaired) electrons. The maximum absolute atomic E-state index is 11.4. The largest absolute Gasteiger partial charge is 0.413 e. The number of hydrogen-bond acceptors (Lipinski definition) is 2. The first-order chi connectivity index (χ1) is 14.4. The van der Waals surface area contributed by atoms with Gasteiger partial charge in [-0.15, -0.1) is 6.58 Å². The van der Waals surface area contributed by atoms with Gasteiger partial charge in [-0.2, -0.15) is 0 Å². The third-order valence-corrected chi connectivity index (χ3v) is 11.1. The average molecular weight is 443 g/mol. The van der Waals surface area contributed by atoms with Gasteiger partial charge in [-0.3, -0.25) is 0 Å². The molecule has 1 aromatic carbocycles. The first kappa shape index (κ1) is 27.6. The molecule has 31 heavy (non-hydrogen) atoms. The molecule has 174 valence electrons. The van der Waals surface area contributed by atoms with E-state index < -0.39 is 14.4 Å². The van der Waals surface area contributed by atoms with Crippen molar-refractivity contribution in [3.05, 3.63) is 65.8 Å². The summed E-state index contributed by atoms with van der Waals surface area (Å²) in [6.07, 6.45) is 9.98. The molecule has 0 aliphatic heterocycles. The van der Waals surface area contributed by atoms with Crippen LogP contribution in [-0.4, -0.2) is 13.4 Å². The quantitative estimate of drug-likeness (QED) is 0.211. The Morgan fingerprint density at radius 1 is 1.23 bits per heavy atom. The number of hydrogen-bond donors (Lipinski definition) is 1. The zero-order valence-corrected chi connectivity index (χ0v) is 22.5. The second-order valence-corrected chi connectivity index (χ2v) is 15.2. The molecule has 0 saturated heterocycles. The van der Waals surface area contributed by atoms with E-state index >= 15 is 0 Å². The van der Waals surface area contributed by atoms with Crippen LogP contribution in [0.2, 0.25) is 18.1 Å². The minimum atomic E-state index is -1.84. The van der Waals surface area contributed by atoms with Crippen LogP contribution >= 0.6 is 0 Å². The molecular weight excluding hydrogens is 396 g/mol. The Balaban J connectivity index is 3.40. The van der Waals surface area contributed by atoms with Crippen molar-refractivity contribution in [2.45, 2.75) is 92.2 Å². The number of aliphatic hydroxyl groups is 1. The minimum Gasteiger partial charge on any atom is -0.413 e. The van der Waals surface area contributed by atoms with E-state index in [1.165, 1.54) is 0 Å². The van der Waals surface area contributed by atoms with Gasteiger partial charge in [0.15, 0.2) is 8.32 Å². The fraction of sp³-hybridized carbons (Fsp3) is 0.571. The van der Waals surface area contributed by atoms with Gasteiger partial charge >= 0.3 is 0 Å². The molecule has 0 heterocycles. The van der Waals surface area contributed by atoms with E-state index in [0.717, 1.165) is 35.1 Å². The van der Waals surface area contributed by atoms with Crippen molar-refractivity contribution in [1.82, 2.24) is 0 Å². The average Bonchev–Trinajstić information content (AvgIpc) is 2.69. The van der Waals surface area contributed by atoms with Gasteiger partial charge in [-0.25, -0.2) is 0 Å². The molecule has 2 nitrogen and oxygen atoms in total. The van der Waals surface area contributed by atoms with Crippen molar-refractivity contribution in [2.24, 2.45) is 11.8 Å². The van der Waals surface area contributed by atoms with Crippen molar-refractivity contribution in [3.63, 3.8) is 0 Å². The number of benzene rings is 1. The van der Waals surface area contributed by atoms with E-state index in [1.807, 2.05) is 6.08 Å². The van der Waals surface area contributed by atoms with Gasteiger partial charge in [-0.1, -0.05) is 90.5 Å². The molecule has 0 aliphatic carbocycles. The van der Waals surface area contributed by atoms with E-state index in [0.29, 0.717) is 12.5 Å². The summed E-state index contributed by atoms with van der Waals surface area (Å²) in [5, 5.41) is 11.5. The predicted molar refractivity (Wildman–Crippen MR) is 140 cm³/mol. The molecule has 0 aliphatic rings. The summed E-state index contributed by atoms with van der Waals surface area (Å²) in [5.74, 6) is 0.296. The van der Waals surface area contributed by atoms with Gasteiger partial charge in [0.05, 0.1) is 12.7 Å². The molecule has 3 heteroatoms. The second kappa shape index (κ2) is 12.0. The van der Waals surface area contributed by atoms with Crippen molar-refractivity contribution in [2.75, 3.05) is 0 Å². The first-order valence-corrected chi connectivity index (χ1v) is 14.7. The standard InChI is InChI=1S/C28H46O2Si/c1-11-14-15-16-23(12-2)25-18-17-22(20-30-31(9,10)28(6,7)8)19-26(25)27(29)24(13-3)21(4)5/h12-13,15-19,21,24,27,29H,3,11,14,20H2,1-2,4-10H3. The van der Waals surface area contributed by atoms with Crippen molar-refractivity contribution >= 4 is 13.9 Å². The molecule has 0 bridgehead atoms. The van der Waals surface area contributed by atoms with E-state index in [9.17, 15) is 5.11 Å². The normalized spacial score (nSPS) is 15.5. The van der Waals surface area contributed by atoms with Crippen molar-refractivity contribution < 1.29 is 9.53 Å². The molecule has 2 atom stereocenters. The first-order valence-electron chi connectivity index (χ1n) is 11.8. The molecule has 2 unspecified atom stereocenters. The summed E-state index contributed by atoms with van der Waals surface area (Å²) in [5.41, 5.74) is 4.31. The lowest BCUT2D eigenvalue weighted by atomic mass is 9.83. The Labute approximate surface area is 193 Å². The molecule has 1 aromatic rings. The monoisotopic (exact) mass is 442 g/mol. The number of unbranched alkanes of at least 4 members (excludes halogenated alkanes) is 1. The number of aliphatic hydroxyl groups excluding tert-OH is 1. The van der Waals surface area contributed by atoms with Gasteiger partial charge in [0.2, 0.25) is 0 Å². The second-order valence-electron chi connectivity index (χ2n) is 10.4. The fourth-order valence-electron chi connectivity index (χ4n) is 3.38. The van der Waals surface area contributed by atoms with Crippen LogP contribution in [0.25, 0.3) is 5.57 Å². The summed E-state index contributed by atoms with van der Waals surface area (Å²) >= 11 is 0. The van der Waals surface area contributed by atoms with Crippen LogP contribution in [0.15, 0.2) is 49.1 Å². The summed E-state index contributed by atoms with van der Waals surface area (Å²) in [7, 11) is -1.84. The highest BCUT2D eigenvalue weighted by Gasteiger charge is 2.37. The Hall–Kier alpha value is -1.42. The zero-order chi connectivity index (χ0) is 23.8. The van der Waals surface area contributed by atoms with E-state index in [4.69, 9.17) is 4.43 Å². The van der Waals surface area contributed by atoms with Crippen LogP contribution in [0.5, 0.6) is 0 Å². The van der Waals surface area contributed by atoms with Crippen LogP contribution in [-0.2, 0) is 11.0 Å². The Morgan fingerprint density at radius 3 is 2.35 bits per heavy atom. The Kier molecular flexibility index (Phi) is 10.7. The SMILES string of the molecule is C=CC(C(C)C)C(O)c1cc(CO[Si](C)(C)C(C)(C)C)ccc1C(C=CCCC)=CC. The maximum Gasteiger partial charge on any atom is 0.192 e. The summed E-state index contributed by atoms with van der Waals surface area (Å²) in [6, 6.07) is 6.44.